The van der Waals surface area contributed by atoms with Crippen LogP contribution in [0.2, 0.25) is 0 Å². The summed E-state index contributed by atoms with van der Waals surface area (Å²) in [7, 11) is 0. The molecular weight excluding hydrogens is 501 g/mol. The number of carbonyl (C=O) groups excluding carboxylic acids is 2. The molecule has 0 radical (unpaired) electrons. The third kappa shape index (κ3) is 5.81. The summed E-state index contributed by atoms with van der Waals surface area (Å²) in [5.74, 6) is 0.492. The van der Waals surface area contributed by atoms with E-state index in [-0.39, 0.29) is 23.7 Å². The molecule has 3 aromatic rings. The Morgan fingerprint density at radius 1 is 1.20 bits per heavy atom. The summed E-state index contributed by atoms with van der Waals surface area (Å²) >= 11 is 4.61. The van der Waals surface area contributed by atoms with E-state index in [2.05, 4.69) is 52.3 Å². The fraction of sp³-hybridized carbons (Fsp3) is 0.520. The summed E-state index contributed by atoms with van der Waals surface area (Å²) in [5.41, 5.74) is 2.66. The maximum Gasteiger partial charge on any atom is 0.341 e. The molecule has 3 heterocycles. The number of nitrogens with one attached hydrogen (secondary N) is 1. The van der Waals surface area contributed by atoms with E-state index in [0.717, 1.165) is 55.5 Å². The number of ether oxygens (including phenoxy) is 1. The van der Waals surface area contributed by atoms with Crippen LogP contribution in [0, 0.1) is 0 Å². The van der Waals surface area contributed by atoms with E-state index in [9.17, 15) is 9.59 Å². The molecule has 0 bridgehead atoms. The van der Waals surface area contributed by atoms with Crippen molar-refractivity contribution in [3.8, 4) is 11.4 Å². The van der Waals surface area contributed by atoms with Crippen molar-refractivity contribution in [2.75, 3.05) is 17.7 Å². The van der Waals surface area contributed by atoms with Gasteiger partial charge in [0.1, 0.15) is 5.00 Å². The maximum atomic E-state index is 13.0. The third-order valence-corrected chi connectivity index (χ3v) is 9.16. The minimum Gasteiger partial charge on any atom is -0.462 e. The van der Waals surface area contributed by atoms with Crippen LogP contribution in [0.3, 0.4) is 0 Å². The molecule has 3 aromatic heterocycles. The highest BCUT2D eigenvalue weighted by Gasteiger charge is 2.27. The Hall–Kier alpha value is -2.17. The largest absolute Gasteiger partial charge is 0.462 e. The lowest BCUT2D eigenvalue weighted by atomic mass is 10.1. The molecule has 188 valence electrons. The molecule has 0 spiro atoms. The number of carbonyl (C=O) groups is 2. The van der Waals surface area contributed by atoms with Crippen LogP contribution >= 0.6 is 34.4 Å². The van der Waals surface area contributed by atoms with E-state index < -0.39 is 0 Å². The highest BCUT2D eigenvalue weighted by molar-refractivity contribution is 7.99. The molecule has 7 nitrogen and oxygen atoms in total. The first kappa shape index (κ1) is 25.9. The molecule has 0 fully saturated rings. The second kappa shape index (κ2) is 11.7. The molecule has 0 saturated heterocycles. The predicted molar refractivity (Wildman–Crippen MR) is 144 cm³/mol. The lowest BCUT2D eigenvalue weighted by Crippen LogP contribution is -2.17. The minimum atomic E-state index is -0.346. The van der Waals surface area contributed by atoms with Gasteiger partial charge in [-0.05, 0) is 64.5 Å². The van der Waals surface area contributed by atoms with Gasteiger partial charge in [-0.25, -0.2) is 4.79 Å². The highest BCUT2D eigenvalue weighted by Crippen LogP contribution is 2.38. The van der Waals surface area contributed by atoms with Crippen LogP contribution in [-0.2, 0) is 28.8 Å². The molecule has 1 aliphatic rings. The van der Waals surface area contributed by atoms with Crippen molar-refractivity contribution < 1.29 is 14.3 Å². The van der Waals surface area contributed by atoms with Crippen molar-refractivity contribution in [3.63, 3.8) is 0 Å². The Morgan fingerprint density at radius 3 is 2.71 bits per heavy atom. The Labute approximate surface area is 218 Å². The number of anilines is 1. The van der Waals surface area contributed by atoms with Gasteiger partial charge >= 0.3 is 5.97 Å². The molecule has 0 atom stereocenters. The molecule has 0 unspecified atom stereocenters. The van der Waals surface area contributed by atoms with Crippen molar-refractivity contribution >= 4 is 51.3 Å². The predicted octanol–water partition coefficient (Wildman–Crippen LogP) is 6.39. The number of thiophene rings is 2. The first-order valence-corrected chi connectivity index (χ1v) is 14.9. The fourth-order valence-corrected chi connectivity index (χ4v) is 7.24. The van der Waals surface area contributed by atoms with E-state index in [1.165, 1.54) is 32.9 Å². The monoisotopic (exact) mass is 532 g/mol. The summed E-state index contributed by atoms with van der Waals surface area (Å²) in [6, 6.07) is 2.31. The van der Waals surface area contributed by atoms with Crippen LogP contribution in [-0.4, -0.2) is 39.0 Å². The number of nitrogens with zero attached hydrogens (tertiary/aromatic N) is 3. The third-order valence-electron chi connectivity index (χ3n) is 5.93. The molecule has 35 heavy (non-hydrogen) atoms. The van der Waals surface area contributed by atoms with Crippen molar-refractivity contribution in [2.24, 2.45) is 0 Å². The Bertz CT molecular complexity index is 1190. The average Bonchev–Trinajstić information content (AvgIpc) is 3.51. The van der Waals surface area contributed by atoms with Crippen LogP contribution in [0.4, 0.5) is 5.00 Å². The number of aromatic nitrogens is 3. The Morgan fingerprint density at radius 2 is 2.00 bits per heavy atom. The Kier molecular flexibility index (Phi) is 8.67. The van der Waals surface area contributed by atoms with E-state index >= 15 is 0 Å². The molecule has 4 rings (SSSR count). The number of hydrogen-bond donors (Lipinski definition) is 1. The summed E-state index contributed by atoms with van der Waals surface area (Å²) in [6.45, 7) is 8.43. The van der Waals surface area contributed by atoms with Gasteiger partial charge in [0, 0.05) is 26.7 Å². The first-order valence-electron chi connectivity index (χ1n) is 12.2. The highest BCUT2D eigenvalue weighted by atomic mass is 32.2. The van der Waals surface area contributed by atoms with Crippen molar-refractivity contribution in [1.29, 1.82) is 0 Å². The quantitative estimate of drug-likeness (QED) is 0.195. The minimum absolute atomic E-state index is 0.152. The second-order valence-corrected chi connectivity index (χ2v) is 11.8. The van der Waals surface area contributed by atoms with E-state index in [1.54, 1.807) is 18.3 Å². The number of thioether (sulfide) groups is 1. The average molecular weight is 533 g/mol. The van der Waals surface area contributed by atoms with Crippen LogP contribution in [0.1, 0.15) is 78.7 Å². The Balaban J connectivity index is 1.50. The van der Waals surface area contributed by atoms with Crippen molar-refractivity contribution in [1.82, 2.24) is 14.8 Å². The molecule has 1 N–H and O–H groups in total. The summed E-state index contributed by atoms with van der Waals surface area (Å²) in [4.78, 5) is 28.2. The van der Waals surface area contributed by atoms with Gasteiger partial charge in [-0.1, -0.05) is 25.1 Å². The van der Waals surface area contributed by atoms with Crippen LogP contribution in [0.25, 0.3) is 11.4 Å². The SMILES string of the molecule is CCOC(=O)c1c(NC(=O)CSc2nnc(-c3csc(CC)c3)n2C(C)C)sc2c1CCCCC2. The molecular formula is C25H32N4O3S3. The molecule has 1 amide bonds. The van der Waals surface area contributed by atoms with Crippen LogP contribution in [0.5, 0.6) is 0 Å². The van der Waals surface area contributed by atoms with E-state index in [0.29, 0.717) is 22.3 Å². The van der Waals surface area contributed by atoms with Gasteiger partial charge in [0.25, 0.3) is 0 Å². The summed E-state index contributed by atoms with van der Waals surface area (Å²) < 4.78 is 7.41. The number of rotatable bonds is 9. The van der Waals surface area contributed by atoms with Gasteiger partial charge in [0.15, 0.2) is 11.0 Å². The van der Waals surface area contributed by atoms with Crippen molar-refractivity contribution in [3.05, 3.63) is 32.3 Å². The zero-order chi connectivity index (χ0) is 24.9. The van der Waals surface area contributed by atoms with Gasteiger partial charge in [-0.3, -0.25) is 9.36 Å². The molecule has 1 aliphatic carbocycles. The zero-order valence-corrected chi connectivity index (χ0v) is 23.1. The standard InChI is InChI=1S/C25H32N4O3S3/c1-5-17-12-16(13-33-17)22-27-28-25(29(22)15(3)4)34-14-20(30)26-23-21(24(31)32-6-2)18-10-8-7-9-11-19(18)35-23/h12-13,15H,5-11,14H2,1-4H3,(H,26,30). The van der Waals surface area contributed by atoms with Crippen LogP contribution in [0.15, 0.2) is 16.6 Å². The molecule has 0 aliphatic heterocycles. The van der Waals surface area contributed by atoms with Gasteiger partial charge in [-0.15, -0.1) is 32.9 Å². The van der Waals surface area contributed by atoms with Gasteiger partial charge in [-0.2, -0.15) is 0 Å². The molecule has 0 aromatic carbocycles. The normalized spacial score (nSPS) is 13.5. The first-order chi connectivity index (χ1) is 16.9. The topological polar surface area (TPSA) is 86.1 Å². The lowest BCUT2D eigenvalue weighted by molar-refractivity contribution is -0.113. The van der Waals surface area contributed by atoms with Gasteiger partial charge in [0.05, 0.1) is 17.9 Å². The molecule has 0 saturated carbocycles. The summed E-state index contributed by atoms with van der Waals surface area (Å²) in [6.07, 6.45) is 6.10. The lowest BCUT2D eigenvalue weighted by Gasteiger charge is -2.13. The van der Waals surface area contributed by atoms with Gasteiger partial charge in [0.2, 0.25) is 5.91 Å². The van der Waals surface area contributed by atoms with E-state index in [1.807, 2.05) is 0 Å². The molecule has 10 heteroatoms. The number of fused-ring (bicyclic) bond motifs is 1. The number of amides is 1. The fourth-order valence-electron chi connectivity index (χ4n) is 4.26. The number of hydrogen-bond acceptors (Lipinski definition) is 8. The smallest absolute Gasteiger partial charge is 0.341 e. The van der Waals surface area contributed by atoms with Crippen molar-refractivity contribution in [2.45, 2.75) is 77.4 Å². The summed E-state index contributed by atoms with van der Waals surface area (Å²) in [5, 5.41) is 15.3. The van der Waals surface area contributed by atoms with Gasteiger partial charge < -0.3 is 10.1 Å². The number of aryl methyl sites for hydroxylation is 2. The second-order valence-electron chi connectivity index (χ2n) is 8.75. The maximum absolute atomic E-state index is 13.0. The van der Waals surface area contributed by atoms with Crippen LogP contribution < -0.4 is 5.32 Å². The zero-order valence-electron chi connectivity index (χ0n) is 20.7. The number of esters is 1. The van der Waals surface area contributed by atoms with E-state index in [4.69, 9.17) is 4.74 Å².